The molecule has 4 rings (SSSR count). The molecule has 0 radical (unpaired) electrons. The summed E-state index contributed by atoms with van der Waals surface area (Å²) in [6.45, 7) is 1.36. The van der Waals surface area contributed by atoms with E-state index < -0.39 is 0 Å². The molecular weight excluding hydrogens is 378 g/mol. The summed E-state index contributed by atoms with van der Waals surface area (Å²) in [5.41, 5.74) is 2.90. The van der Waals surface area contributed by atoms with Gasteiger partial charge >= 0.3 is 0 Å². The second-order valence-corrected chi connectivity index (χ2v) is 7.59. The molecule has 0 bridgehead atoms. The fourth-order valence-corrected chi connectivity index (χ4v) is 4.34. The molecule has 2 heterocycles. The van der Waals surface area contributed by atoms with Crippen LogP contribution in [0.5, 0.6) is 11.5 Å². The van der Waals surface area contributed by atoms with Crippen molar-refractivity contribution in [2.45, 2.75) is 31.4 Å². The van der Waals surface area contributed by atoms with Crippen LogP contribution in [0.2, 0.25) is 5.02 Å². The highest BCUT2D eigenvalue weighted by atomic mass is 35.5. The average Bonchev–Trinajstić information content (AvgIpc) is 3.26. The van der Waals surface area contributed by atoms with Gasteiger partial charge in [0.05, 0.1) is 26.4 Å². The Morgan fingerprint density at radius 1 is 1.14 bits per heavy atom. The third-order valence-electron chi connectivity index (χ3n) is 5.59. The van der Waals surface area contributed by atoms with Gasteiger partial charge in [-0.05, 0) is 66.8 Å². The zero-order valence-electron chi connectivity index (χ0n) is 16.1. The Labute approximate surface area is 170 Å². The zero-order chi connectivity index (χ0) is 19.7. The van der Waals surface area contributed by atoms with Crippen molar-refractivity contribution in [1.29, 1.82) is 0 Å². The molecular formula is C22H24ClNO4. The standard InChI is InChI=1S/C22H24ClNO4/c1-26-19-12-15-9-10-24(22(25)14-5-7-16(23)8-6-14)21(18-4-3-11-28-18)17(15)13-20(19)27-2/h5-8,12-13,18,21H,3-4,9-11H2,1-2H3/t18?,21-/m0/s1. The van der Waals surface area contributed by atoms with E-state index in [0.717, 1.165) is 31.4 Å². The fraction of sp³-hybridized carbons (Fsp3) is 0.409. The van der Waals surface area contributed by atoms with Gasteiger partial charge in [0, 0.05) is 23.7 Å². The van der Waals surface area contributed by atoms with Gasteiger partial charge in [-0.15, -0.1) is 0 Å². The molecule has 6 heteroatoms. The van der Waals surface area contributed by atoms with E-state index in [1.165, 1.54) is 5.56 Å². The van der Waals surface area contributed by atoms with Gasteiger partial charge in [0.2, 0.25) is 0 Å². The van der Waals surface area contributed by atoms with E-state index >= 15 is 0 Å². The first-order valence-electron chi connectivity index (χ1n) is 9.55. The van der Waals surface area contributed by atoms with E-state index in [1.807, 2.05) is 17.0 Å². The molecule has 2 aliphatic heterocycles. The number of rotatable bonds is 4. The molecule has 0 N–H and O–H groups in total. The van der Waals surface area contributed by atoms with Gasteiger partial charge in [0.25, 0.3) is 5.91 Å². The number of ether oxygens (including phenoxy) is 3. The van der Waals surface area contributed by atoms with E-state index in [4.69, 9.17) is 25.8 Å². The van der Waals surface area contributed by atoms with E-state index in [1.54, 1.807) is 38.5 Å². The van der Waals surface area contributed by atoms with Crippen molar-refractivity contribution in [3.05, 3.63) is 58.1 Å². The van der Waals surface area contributed by atoms with Crippen LogP contribution in [0.25, 0.3) is 0 Å². The number of halogens is 1. The quantitative estimate of drug-likeness (QED) is 0.767. The number of nitrogens with zero attached hydrogens (tertiary/aromatic N) is 1. The minimum absolute atomic E-state index is 0.00222. The normalized spacial score (nSPS) is 21.3. The largest absolute Gasteiger partial charge is 0.493 e. The highest BCUT2D eigenvalue weighted by Crippen LogP contribution is 2.42. The second kappa shape index (κ2) is 8.02. The van der Waals surface area contributed by atoms with Gasteiger partial charge < -0.3 is 19.1 Å². The first kappa shape index (κ1) is 19.1. The van der Waals surface area contributed by atoms with E-state index in [9.17, 15) is 4.79 Å². The lowest BCUT2D eigenvalue weighted by molar-refractivity contribution is 0.0164. The zero-order valence-corrected chi connectivity index (χ0v) is 16.9. The minimum Gasteiger partial charge on any atom is -0.493 e. The Bertz CT molecular complexity index is 862. The van der Waals surface area contributed by atoms with Crippen molar-refractivity contribution < 1.29 is 19.0 Å². The summed E-state index contributed by atoms with van der Waals surface area (Å²) in [5, 5.41) is 0.619. The first-order chi connectivity index (χ1) is 13.6. The van der Waals surface area contributed by atoms with Crippen molar-refractivity contribution in [3.63, 3.8) is 0 Å². The lowest BCUT2D eigenvalue weighted by Crippen LogP contribution is -2.45. The SMILES string of the molecule is COc1cc2c(cc1OC)[C@@H](C1CCCO1)N(C(=O)c1ccc(Cl)cc1)CC2. The third-order valence-corrected chi connectivity index (χ3v) is 5.84. The van der Waals surface area contributed by atoms with Gasteiger partial charge in [-0.1, -0.05) is 11.6 Å². The van der Waals surface area contributed by atoms with Crippen LogP contribution in [0.3, 0.4) is 0 Å². The molecule has 148 valence electrons. The Morgan fingerprint density at radius 3 is 2.50 bits per heavy atom. The fourth-order valence-electron chi connectivity index (χ4n) is 4.22. The third kappa shape index (κ3) is 3.45. The molecule has 2 aromatic carbocycles. The Balaban J connectivity index is 1.75. The van der Waals surface area contributed by atoms with Crippen LogP contribution in [0.4, 0.5) is 0 Å². The summed E-state index contributed by atoms with van der Waals surface area (Å²) in [6, 6.07) is 10.9. The molecule has 5 nitrogen and oxygen atoms in total. The topological polar surface area (TPSA) is 48.0 Å². The molecule has 0 aromatic heterocycles. The van der Waals surface area contributed by atoms with Crippen LogP contribution in [0.15, 0.2) is 36.4 Å². The van der Waals surface area contributed by atoms with Gasteiger partial charge in [-0.2, -0.15) is 0 Å². The molecule has 1 fully saturated rings. The minimum atomic E-state index is -0.144. The van der Waals surface area contributed by atoms with Crippen LogP contribution < -0.4 is 9.47 Å². The maximum absolute atomic E-state index is 13.3. The summed E-state index contributed by atoms with van der Waals surface area (Å²) in [5.74, 6) is 1.38. The molecule has 2 aliphatic rings. The Morgan fingerprint density at radius 2 is 1.86 bits per heavy atom. The second-order valence-electron chi connectivity index (χ2n) is 7.16. The molecule has 28 heavy (non-hydrogen) atoms. The smallest absolute Gasteiger partial charge is 0.254 e. The highest BCUT2D eigenvalue weighted by molar-refractivity contribution is 6.30. The maximum atomic E-state index is 13.3. The maximum Gasteiger partial charge on any atom is 0.254 e. The van der Waals surface area contributed by atoms with Crippen LogP contribution in [-0.4, -0.2) is 44.3 Å². The first-order valence-corrected chi connectivity index (χ1v) is 9.93. The number of hydrogen-bond donors (Lipinski definition) is 0. The van der Waals surface area contributed by atoms with Gasteiger partial charge in [-0.3, -0.25) is 4.79 Å². The molecule has 0 saturated carbocycles. The summed E-state index contributed by atoms with van der Waals surface area (Å²) in [4.78, 5) is 15.3. The predicted molar refractivity (Wildman–Crippen MR) is 107 cm³/mol. The van der Waals surface area contributed by atoms with Crippen LogP contribution in [-0.2, 0) is 11.2 Å². The summed E-state index contributed by atoms with van der Waals surface area (Å²) < 4.78 is 17.0. The molecule has 0 aliphatic carbocycles. The van der Waals surface area contributed by atoms with Crippen molar-refractivity contribution in [1.82, 2.24) is 4.90 Å². The van der Waals surface area contributed by atoms with Gasteiger partial charge in [0.15, 0.2) is 11.5 Å². The highest BCUT2D eigenvalue weighted by Gasteiger charge is 2.39. The number of fused-ring (bicyclic) bond motifs is 1. The van der Waals surface area contributed by atoms with Crippen LogP contribution >= 0.6 is 11.6 Å². The van der Waals surface area contributed by atoms with Crippen molar-refractivity contribution >= 4 is 17.5 Å². The Hall–Kier alpha value is -2.24. The monoisotopic (exact) mass is 401 g/mol. The molecule has 2 aromatic rings. The molecule has 1 amide bonds. The molecule has 0 spiro atoms. The van der Waals surface area contributed by atoms with Crippen LogP contribution in [0, 0.1) is 0 Å². The number of carbonyl (C=O) groups is 1. The Kier molecular flexibility index (Phi) is 5.47. The number of amides is 1. The number of hydrogen-bond acceptors (Lipinski definition) is 4. The molecule has 1 unspecified atom stereocenters. The van der Waals surface area contributed by atoms with Crippen molar-refractivity contribution in [2.75, 3.05) is 27.4 Å². The average molecular weight is 402 g/mol. The van der Waals surface area contributed by atoms with Gasteiger partial charge in [0.1, 0.15) is 0 Å². The lowest BCUT2D eigenvalue weighted by Gasteiger charge is -2.40. The number of carbonyl (C=O) groups excluding carboxylic acids is 1. The molecule has 1 saturated heterocycles. The van der Waals surface area contributed by atoms with Crippen LogP contribution in [0.1, 0.15) is 40.4 Å². The summed E-state index contributed by atoms with van der Waals surface area (Å²) in [6.07, 6.45) is 2.68. The van der Waals surface area contributed by atoms with E-state index in [0.29, 0.717) is 28.6 Å². The predicted octanol–water partition coefficient (Wildman–Crippen LogP) is 4.28. The van der Waals surface area contributed by atoms with Gasteiger partial charge in [-0.25, -0.2) is 0 Å². The van der Waals surface area contributed by atoms with E-state index in [2.05, 4.69) is 0 Å². The number of methoxy groups -OCH3 is 2. The number of benzene rings is 2. The summed E-state index contributed by atoms with van der Waals surface area (Å²) >= 11 is 5.99. The molecule has 2 atom stereocenters. The van der Waals surface area contributed by atoms with E-state index in [-0.39, 0.29) is 18.1 Å². The van der Waals surface area contributed by atoms with Crippen molar-refractivity contribution in [3.8, 4) is 11.5 Å². The van der Waals surface area contributed by atoms with Crippen molar-refractivity contribution in [2.24, 2.45) is 0 Å². The lowest BCUT2D eigenvalue weighted by atomic mass is 9.87. The summed E-state index contributed by atoms with van der Waals surface area (Å²) in [7, 11) is 3.27.